The highest BCUT2D eigenvalue weighted by Crippen LogP contribution is 2.31. The van der Waals surface area contributed by atoms with Gasteiger partial charge in [0.2, 0.25) is 0 Å². The molecule has 120 valence electrons. The summed E-state index contributed by atoms with van der Waals surface area (Å²) in [5.41, 5.74) is 0.578. The molecule has 3 rings (SSSR count). The Labute approximate surface area is 135 Å². The highest BCUT2D eigenvalue weighted by Gasteiger charge is 2.27. The predicted molar refractivity (Wildman–Crippen MR) is 86.3 cm³/mol. The number of hydrogen-bond donors (Lipinski definition) is 1. The number of amides is 1. The van der Waals surface area contributed by atoms with Crippen LogP contribution in [-0.2, 0) is 0 Å². The fraction of sp³-hybridized carbons (Fsp3) is 0.278. The number of fused-ring (bicyclic) bond motifs is 1. The van der Waals surface area contributed by atoms with Crippen molar-refractivity contribution < 1.29 is 19.0 Å². The van der Waals surface area contributed by atoms with E-state index in [0.717, 1.165) is 11.5 Å². The van der Waals surface area contributed by atoms with Gasteiger partial charge in [-0.25, -0.2) is 0 Å². The van der Waals surface area contributed by atoms with Gasteiger partial charge in [0.15, 0.2) is 17.6 Å². The third-order valence-corrected chi connectivity index (χ3v) is 3.80. The predicted octanol–water partition coefficient (Wildman–Crippen LogP) is 2.65. The molecule has 5 nitrogen and oxygen atoms in total. The van der Waals surface area contributed by atoms with E-state index in [1.807, 2.05) is 31.2 Å². The molecule has 2 aromatic carbocycles. The Balaban J connectivity index is 1.62. The number of benzene rings is 2. The zero-order valence-electron chi connectivity index (χ0n) is 13.1. The van der Waals surface area contributed by atoms with Crippen LogP contribution in [-0.4, -0.2) is 31.8 Å². The topological polar surface area (TPSA) is 56.8 Å². The summed E-state index contributed by atoms with van der Waals surface area (Å²) in [4.78, 5) is 12.3. The molecule has 0 spiro atoms. The van der Waals surface area contributed by atoms with Crippen molar-refractivity contribution in [2.45, 2.75) is 19.1 Å². The fourth-order valence-electron chi connectivity index (χ4n) is 2.41. The van der Waals surface area contributed by atoms with Crippen molar-refractivity contribution in [2.24, 2.45) is 0 Å². The van der Waals surface area contributed by atoms with Crippen LogP contribution >= 0.6 is 0 Å². The van der Waals surface area contributed by atoms with Crippen molar-refractivity contribution in [3.8, 4) is 17.2 Å². The van der Waals surface area contributed by atoms with Crippen LogP contribution in [0.15, 0.2) is 48.5 Å². The first-order chi connectivity index (χ1) is 11.2. The molecule has 0 fully saturated rings. The first kappa shape index (κ1) is 15.2. The van der Waals surface area contributed by atoms with Gasteiger partial charge in [0.1, 0.15) is 12.4 Å². The summed E-state index contributed by atoms with van der Waals surface area (Å²) in [6, 6.07) is 14.3. The van der Waals surface area contributed by atoms with Gasteiger partial charge in [-0.3, -0.25) is 4.79 Å². The Hall–Kier alpha value is -2.69. The Bertz CT molecular complexity index is 684. The summed E-state index contributed by atoms with van der Waals surface area (Å²) in [5.74, 6) is 2.00. The molecule has 0 radical (unpaired) electrons. The number of hydrogen-bond acceptors (Lipinski definition) is 4. The molecule has 5 heteroatoms. The lowest BCUT2D eigenvalue weighted by atomic mass is 10.1. The molecule has 0 unspecified atom stereocenters. The molecule has 1 amide bonds. The SMILES string of the molecule is COc1ccc(C(=O)N[C@H](C)[C@@H]2COc3ccccc3O2)cc1. The summed E-state index contributed by atoms with van der Waals surface area (Å²) in [6.45, 7) is 2.31. The Kier molecular flexibility index (Phi) is 4.37. The van der Waals surface area contributed by atoms with Gasteiger partial charge < -0.3 is 19.5 Å². The minimum atomic E-state index is -0.230. The van der Waals surface area contributed by atoms with Crippen LogP contribution in [0.4, 0.5) is 0 Å². The van der Waals surface area contributed by atoms with E-state index in [0.29, 0.717) is 17.9 Å². The third kappa shape index (κ3) is 3.39. The van der Waals surface area contributed by atoms with Gasteiger partial charge in [-0.1, -0.05) is 12.1 Å². The van der Waals surface area contributed by atoms with E-state index >= 15 is 0 Å². The lowest BCUT2D eigenvalue weighted by Crippen LogP contribution is -2.48. The lowest BCUT2D eigenvalue weighted by Gasteiger charge is -2.30. The molecule has 23 heavy (non-hydrogen) atoms. The Morgan fingerprint density at radius 3 is 2.57 bits per heavy atom. The molecule has 0 aromatic heterocycles. The van der Waals surface area contributed by atoms with Crippen molar-refractivity contribution in [1.82, 2.24) is 5.32 Å². The van der Waals surface area contributed by atoms with Crippen LogP contribution < -0.4 is 19.5 Å². The summed E-state index contributed by atoms with van der Waals surface area (Å²) in [6.07, 6.45) is -0.230. The maximum absolute atomic E-state index is 12.3. The third-order valence-electron chi connectivity index (χ3n) is 3.80. The van der Waals surface area contributed by atoms with Crippen molar-refractivity contribution in [3.63, 3.8) is 0 Å². The molecular formula is C18H19NO4. The van der Waals surface area contributed by atoms with Gasteiger partial charge >= 0.3 is 0 Å². The van der Waals surface area contributed by atoms with Crippen LogP contribution in [0, 0.1) is 0 Å². The standard InChI is InChI=1S/C18H19NO4/c1-12(17-11-22-15-5-3-4-6-16(15)23-17)19-18(20)13-7-9-14(21-2)10-8-13/h3-10,12,17H,11H2,1-2H3,(H,19,20)/t12-,17+/m1/s1. The van der Waals surface area contributed by atoms with E-state index in [4.69, 9.17) is 14.2 Å². The van der Waals surface area contributed by atoms with E-state index in [9.17, 15) is 4.79 Å². The number of carbonyl (C=O) groups excluding carboxylic acids is 1. The van der Waals surface area contributed by atoms with Crippen LogP contribution in [0.5, 0.6) is 17.2 Å². The number of methoxy groups -OCH3 is 1. The minimum absolute atomic E-state index is 0.150. The van der Waals surface area contributed by atoms with E-state index in [2.05, 4.69) is 5.32 Å². The van der Waals surface area contributed by atoms with Crippen molar-refractivity contribution in [2.75, 3.05) is 13.7 Å². The molecule has 0 saturated heterocycles. The number of para-hydroxylation sites is 2. The van der Waals surface area contributed by atoms with Crippen molar-refractivity contribution in [3.05, 3.63) is 54.1 Å². The molecular weight excluding hydrogens is 294 g/mol. The molecule has 2 aromatic rings. The largest absolute Gasteiger partial charge is 0.497 e. The summed E-state index contributed by atoms with van der Waals surface area (Å²) < 4.78 is 16.7. The molecule has 1 N–H and O–H groups in total. The van der Waals surface area contributed by atoms with Crippen LogP contribution in [0.2, 0.25) is 0 Å². The van der Waals surface area contributed by atoms with E-state index in [-0.39, 0.29) is 18.1 Å². The van der Waals surface area contributed by atoms with Gasteiger partial charge in [0.25, 0.3) is 5.91 Å². The van der Waals surface area contributed by atoms with Gasteiger partial charge in [-0.05, 0) is 43.3 Å². The zero-order chi connectivity index (χ0) is 16.2. The normalized spacial score (nSPS) is 17.2. The quantitative estimate of drug-likeness (QED) is 0.943. The average Bonchev–Trinajstić information content (AvgIpc) is 2.61. The lowest BCUT2D eigenvalue weighted by molar-refractivity contribution is 0.0606. The van der Waals surface area contributed by atoms with Crippen molar-refractivity contribution >= 4 is 5.91 Å². The molecule has 0 saturated carbocycles. The van der Waals surface area contributed by atoms with E-state index in [1.165, 1.54) is 0 Å². The van der Waals surface area contributed by atoms with Gasteiger partial charge in [0.05, 0.1) is 13.2 Å². The Morgan fingerprint density at radius 1 is 1.17 bits per heavy atom. The second-order valence-corrected chi connectivity index (χ2v) is 5.40. The zero-order valence-corrected chi connectivity index (χ0v) is 13.1. The molecule has 2 atom stereocenters. The fourth-order valence-corrected chi connectivity index (χ4v) is 2.41. The molecule has 0 aliphatic carbocycles. The molecule has 1 heterocycles. The van der Waals surface area contributed by atoms with E-state index in [1.54, 1.807) is 31.4 Å². The van der Waals surface area contributed by atoms with Crippen LogP contribution in [0.25, 0.3) is 0 Å². The maximum atomic E-state index is 12.3. The maximum Gasteiger partial charge on any atom is 0.251 e. The summed E-state index contributed by atoms with van der Waals surface area (Å²) in [5, 5.41) is 2.95. The highest BCUT2D eigenvalue weighted by atomic mass is 16.6. The Morgan fingerprint density at radius 2 is 1.87 bits per heavy atom. The monoisotopic (exact) mass is 313 g/mol. The minimum Gasteiger partial charge on any atom is -0.497 e. The first-order valence-corrected chi connectivity index (χ1v) is 7.51. The average molecular weight is 313 g/mol. The second kappa shape index (κ2) is 6.60. The van der Waals surface area contributed by atoms with Gasteiger partial charge in [0, 0.05) is 5.56 Å². The van der Waals surface area contributed by atoms with Crippen molar-refractivity contribution in [1.29, 1.82) is 0 Å². The number of nitrogens with one attached hydrogen (secondary N) is 1. The number of carbonyl (C=O) groups is 1. The van der Waals surface area contributed by atoms with E-state index < -0.39 is 0 Å². The molecule has 1 aliphatic heterocycles. The van der Waals surface area contributed by atoms with Crippen LogP contribution in [0.3, 0.4) is 0 Å². The van der Waals surface area contributed by atoms with Crippen LogP contribution in [0.1, 0.15) is 17.3 Å². The second-order valence-electron chi connectivity index (χ2n) is 5.40. The first-order valence-electron chi connectivity index (χ1n) is 7.51. The smallest absolute Gasteiger partial charge is 0.251 e. The van der Waals surface area contributed by atoms with Gasteiger partial charge in [-0.2, -0.15) is 0 Å². The molecule has 1 aliphatic rings. The highest BCUT2D eigenvalue weighted by molar-refractivity contribution is 5.94. The van der Waals surface area contributed by atoms with Gasteiger partial charge in [-0.15, -0.1) is 0 Å². The molecule has 0 bridgehead atoms. The summed E-state index contributed by atoms with van der Waals surface area (Å²) >= 11 is 0. The number of ether oxygens (including phenoxy) is 3. The number of rotatable bonds is 4. The summed E-state index contributed by atoms with van der Waals surface area (Å²) in [7, 11) is 1.59.